The van der Waals surface area contributed by atoms with Gasteiger partial charge < -0.3 is 0 Å². The van der Waals surface area contributed by atoms with E-state index in [2.05, 4.69) is 0 Å². The fourth-order valence-corrected chi connectivity index (χ4v) is 4.59. The van der Waals surface area contributed by atoms with Crippen LogP contribution in [-0.2, 0) is 20.0 Å². The molecule has 0 fully saturated rings. The molecule has 2 aliphatic heterocycles. The average molecular weight is 400 g/mol. The second-order valence-electron chi connectivity index (χ2n) is 4.86. The van der Waals surface area contributed by atoms with Gasteiger partial charge in [-0.05, 0) is 24.3 Å². The van der Waals surface area contributed by atoms with Crippen LogP contribution in [-0.4, -0.2) is 28.6 Å². The first-order chi connectivity index (χ1) is 11.2. The molecular weight excluding hydrogens is 388 g/mol. The van der Waals surface area contributed by atoms with Crippen molar-refractivity contribution in [3.05, 3.63) is 59.7 Å². The van der Waals surface area contributed by atoms with Crippen molar-refractivity contribution in [2.24, 2.45) is 0 Å². The fraction of sp³-hybridized carbons (Fsp3) is 0. The first kappa shape index (κ1) is 19.0. The van der Waals surface area contributed by atoms with Crippen LogP contribution in [0.1, 0.15) is 20.7 Å². The molecule has 2 aromatic carbocycles. The molecule has 11 heteroatoms. The number of benzene rings is 2. The lowest BCUT2D eigenvalue weighted by molar-refractivity contribution is 0.0976. The highest BCUT2D eigenvalue weighted by molar-refractivity contribution is 7.91. The third kappa shape index (κ3) is 3.38. The molecular formula is C14H12N2O6S3. The second-order valence-corrected chi connectivity index (χ2v) is 8.16. The standard InChI is InChI=1S/2C7H5NO3S.H2S/c2*9-7-5-3-1-2-4-6(5)12(10,11)8-7;/h2*1-4H,(H,8,9);1H2. The van der Waals surface area contributed by atoms with Crippen LogP contribution in [0.3, 0.4) is 0 Å². The van der Waals surface area contributed by atoms with Crippen LogP contribution in [0.2, 0.25) is 0 Å². The van der Waals surface area contributed by atoms with Crippen molar-refractivity contribution in [3.63, 3.8) is 0 Å². The van der Waals surface area contributed by atoms with Crippen LogP contribution in [0.25, 0.3) is 0 Å². The van der Waals surface area contributed by atoms with Gasteiger partial charge in [-0.3, -0.25) is 9.59 Å². The van der Waals surface area contributed by atoms with Gasteiger partial charge in [-0.25, -0.2) is 26.3 Å². The Morgan fingerprint density at radius 1 is 0.600 bits per heavy atom. The summed E-state index contributed by atoms with van der Waals surface area (Å²) in [7, 11) is -7.11. The van der Waals surface area contributed by atoms with Crippen molar-refractivity contribution < 1.29 is 26.4 Å². The zero-order valence-corrected chi connectivity index (χ0v) is 15.0. The monoisotopic (exact) mass is 400 g/mol. The molecule has 8 nitrogen and oxygen atoms in total. The Hall–Kier alpha value is -2.37. The summed E-state index contributed by atoms with van der Waals surface area (Å²) in [6.45, 7) is 0. The predicted molar refractivity (Wildman–Crippen MR) is 92.6 cm³/mol. The summed E-state index contributed by atoms with van der Waals surface area (Å²) in [4.78, 5) is 22.1. The van der Waals surface area contributed by atoms with Crippen molar-refractivity contribution in [3.8, 4) is 0 Å². The molecule has 0 aliphatic carbocycles. The number of amides is 2. The number of sulfonamides is 2. The van der Waals surface area contributed by atoms with E-state index in [0.717, 1.165) is 0 Å². The number of rotatable bonds is 0. The van der Waals surface area contributed by atoms with Gasteiger partial charge in [0.15, 0.2) is 0 Å². The maximum absolute atomic E-state index is 11.1. The summed E-state index contributed by atoms with van der Waals surface area (Å²) < 4.78 is 48.3. The molecule has 0 bridgehead atoms. The van der Waals surface area contributed by atoms with Gasteiger partial charge >= 0.3 is 0 Å². The quantitative estimate of drug-likeness (QED) is 0.657. The van der Waals surface area contributed by atoms with E-state index in [-0.39, 0.29) is 34.4 Å². The molecule has 0 saturated carbocycles. The van der Waals surface area contributed by atoms with Crippen molar-refractivity contribution in [2.75, 3.05) is 0 Å². The Bertz CT molecular complexity index is 990. The molecule has 0 saturated heterocycles. The summed E-state index contributed by atoms with van der Waals surface area (Å²) >= 11 is 0. The number of fused-ring (bicyclic) bond motifs is 2. The lowest BCUT2D eigenvalue weighted by Gasteiger charge is -1.91. The third-order valence-corrected chi connectivity index (χ3v) is 6.07. The molecule has 0 aromatic heterocycles. The number of nitrogens with one attached hydrogen (secondary N) is 2. The van der Waals surface area contributed by atoms with Crippen LogP contribution in [0, 0.1) is 0 Å². The number of hydrogen-bond donors (Lipinski definition) is 2. The van der Waals surface area contributed by atoms with Crippen LogP contribution < -0.4 is 9.44 Å². The normalized spacial score (nSPS) is 17.8. The molecule has 0 atom stereocenters. The van der Waals surface area contributed by atoms with E-state index < -0.39 is 31.9 Å². The lowest BCUT2D eigenvalue weighted by Crippen LogP contribution is -2.20. The zero-order chi connectivity index (χ0) is 17.5. The van der Waals surface area contributed by atoms with E-state index in [9.17, 15) is 26.4 Å². The van der Waals surface area contributed by atoms with Crippen molar-refractivity contribution >= 4 is 45.4 Å². The van der Waals surface area contributed by atoms with Gasteiger partial charge in [0, 0.05) is 0 Å². The fourth-order valence-electron chi connectivity index (χ4n) is 2.24. The molecule has 0 spiro atoms. The van der Waals surface area contributed by atoms with Gasteiger partial charge in [0.05, 0.1) is 11.1 Å². The highest BCUT2D eigenvalue weighted by Gasteiger charge is 2.32. The predicted octanol–water partition coefficient (Wildman–Crippen LogP) is 0.350. The highest BCUT2D eigenvalue weighted by atomic mass is 32.2. The van der Waals surface area contributed by atoms with Crippen molar-refractivity contribution in [1.82, 2.24) is 9.44 Å². The van der Waals surface area contributed by atoms with Crippen molar-refractivity contribution in [2.45, 2.75) is 9.79 Å². The Morgan fingerprint density at radius 3 is 1.24 bits per heavy atom. The van der Waals surface area contributed by atoms with Gasteiger partial charge in [-0.1, -0.05) is 24.3 Å². The maximum Gasteiger partial charge on any atom is 0.266 e. The molecule has 2 aliphatic rings. The topological polar surface area (TPSA) is 126 Å². The Morgan fingerprint density at radius 2 is 0.920 bits per heavy atom. The summed E-state index contributed by atoms with van der Waals surface area (Å²) in [5, 5.41) is 0. The van der Waals surface area contributed by atoms with Gasteiger partial charge in [-0.2, -0.15) is 13.5 Å². The summed E-state index contributed by atoms with van der Waals surface area (Å²) in [6, 6.07) is 12.2. The number of carbonyl (C=O) groups excluding carboxylic acids is 2. The van der Waals surface area contributed by atoms with E-state index in [1.54, 1.807) is 24.3 Å². The molecule has 2 heterocycles. The van der Waals surface area contributed by atoms with Crippen LogP contribution in [0.4, 0.5) is 0 Å². The molecule has 0 unspecified atom stereocenters. The minimum atomic E-state index is -3.55. The molecule has 25 heavy (non-hydrogen) atoms. The SMILES string of the molecule is O=C1NS(=O)(=O)c2ccccc21.O=C1NS(=O)(=O)c2ccccc21.S. The Balaban J connectivity index is 0.000000173. The van der Waals surface area contributed by atoms with Crippen molar-refractivity contribution in [1.29, 1.82) is 0 Å². The van der Waals surface area contributed by atoms with Gasteiger partial charge in [0.25, 0.3) is 31.9 Å². The first-order valence-electron chi connectivity index (χ1n) is 6.55. The summed E-state index contributed by atoms with van der Waals surface area (Å²) in [5.74, 6) is -1.10. The molecule has 2 aromatic rings. The van der Waals surface area contributed by atoms with E-state index in [0.29, 0.717) is 0 Å². The highest BCUT2D eigenvalue weighted by Crippen LogP contribution is 2.21. The Labute approximate surface area is 150 Å². The Kier molecular flexibility index (Phi) is 4.93. The second kappa shape index (κ2) is 6.50. The minimum Gasteiger partial charge on any atom is -0.268 e. The van der Waals surface area contributed by atoms with Gasteiger partial charge in [0.2, 0.25) is 0 Å². The van der Waals surface area contributed by atoms with Crippen LogP contribution >= 0.6 is 13.5 Å². The summed E-state index contributed by atoms with van der Waals surface area (Å²) in [5.41, 5.74) is 0.440. The maximum atomic E-state index is 11.1. The first-order valence-corrected chi connectivity index (χ1v) is 9.51. The number of carbonyl (C=O) groups is 2. The van der Waals surface area contributed by atoms with E-state index >= 15 is 0 Å². The molecule has 132 valence electrons. The van der Waals surface area contributed by atoms with Gasteiger partial charge in [-0.15, -0.1) is 0 Å². The molecule has 2 N–H and O–H groups in total. The third-order valence-electron chi connectivity index (χ3n) is 3.30. The van der Waals surface area contributed by atoms with E-state index in [4.69, 9.17) is 0 Å². The van der Waals surface area contributed by atoms with E-state index in [1.807, 2.05) is 9.44 Å². The minimum absolute atomic E-state index is 0. The smallest absolute Gasteiger partial charge is 0.266 e. The van der Waals surface area contributed by atoms with Crippen LogP contribution in [0.15, 0.2) is 58.3 Å². The van der Waals surface area contributed by atoms with E-state index in [1.165, 1.54) is 24.3 Å². The molecule has 0 radical (unpaired) electrons. The lowest BCUT2D eigenvalue weighted by atomic mass is 10.2. The number of hydrogen-bond acceptors (Lipinski definition) is 6. The summed E-state index contributed by atoms with van der Waals surface area (Å²) in [6.07, 6.45) is 0. The average Bonchev–Trinajstić information content (AvgIpc) is 2.91. The van der Waals surface area contributed by atoms with Gasteiger partial charge in [0.1, 0.15) is 9.79 Å². The zero-order valence-electron chi connectivity index (χ0n) is 12.4. The molecule has 4 rings (SSSR count). The molecule has 2 amide bonds. The largest absolute Gasteiger partial charge is 0.268 e. The van der Waals surface area contributed by atoms with Crippen LogP contribution in [0.5, 0.6) is 0 Å².